The molecule has 0 spiro atoms. The lowest BCUT2D eigenvalue weighted by atomic mass is 10.2. The molecule has 0 aliphatic carbocycles. The van der Waals surface area contributed by atoms with Crippen molar-refractivity contribution in [3.8, 4) is 17.2 Å². The van der Waals surface area contributed by atoms with E-state index >= 15 is 0 Å². The van der Waals surface area contributed by atoms with Crippen LogP contribution in [0.5, 0.6) is 5.75 Å². The predicted octanol–water partition coefficient (Wildman–Crippen LogP) is 4.72. The molecule has 0 saturated heterocycles. The van der Waals surface area contributed by atoms with Gasteiger partial charge in [-0.1, -0.05) is 23.7 Å². The van der Waals surface area contributed by atoms with Gasteiger partial charge >= 0.3 is 5.97 Å². The van der Waals surface area contributed by atoms with Gasteiger partial charge in [-0.3, -0.25) is 0 Å². The van der Waals surface area contributed by atoms with Crippen LogP contribution in [0.2, 0.25) is 5.02 Å². The zero-order valence-electron chi connectivity index (χ0n) is 14.8. The fourth-order valence-electron chi connectivity index (χ4n) is 2.29. The van der Waals surface area contributed by atoms with Gasteiger partial charge in [0.2, 0.25) is 5.89 Å². The second-order valence-corrected chi connectivity index (χ2v) is 6.08. The van der Waals surface area contributed by atoms with Gasteiger partial charge in [0, 0.05) is 16.7 Å². The van der Waals surface area contributed by atoms with Crippen molar-refractivity contribution >= 4 is 23.6 Å². The van der Waals surface area contributed by atoms with Crippen LogP contribution in [0.25, 0.3) is 17.5 Å². The maximum atomic E-state index is 12.0. The molecule has 1 heterocycles. The molecule has 7 heteroatoms. The third kappa shape index (κ3) is 4.95. The Balaban J connectivity index is 1.63. The second-order valence-electron chi connectivity index (χ2n) is 5.64. The molecule has 0 amide bonds. The Morgan fingerprint density at radius 1 is 1.19 bits per heavy atom. The van der Waals surface area contributed by atoms with Crippen molar-refractivity contribution in [2.24, 2.45) is 0 Å². The van der Waals surface area contributed by atoms with E-state index in [1.807, 2.05) is 6.07 Å². The van der Waals surface area contributed by atoms with Crippen molar-refractivity contribution < 1.29 is 18.7 Å². The molecule has 0 N–H and O–H groups in total. The zero-order valence-corrected chi connectivity index (χ0v) is 15.5. The number of hydrogen-bond donors (Lipinski definition) is 0. The highest BCUT2D eigenvalue weighted by molar-refractivity contribution is 6.30. The zero-order chi connectivity index (χ0) is 19.2. The third-order valence-electron chi connectivity index (χ3n) is 3.68. The fraction of sp³-hybridized carbons (Fsp3) is 0.150. The molecule has 0 saturated carbocycles. The van der Waals surface area contributed by atoms with Crippen LogP contribution in [0.15, 0.2) is 59.0 Å². The first-order valence-electron chi connectivity index (χ1n) is 8.17. The minimum absolute atomic E-state index is 0.213. The molecule has 0 unspecified atom stereocenters. The Kier molecular flexibility index (Phi) is 5.88. The van der Waals surface area contributed by atoms with E-state index < -0.39 is 12.1 Å². The maximum Gasteiger partial charge on any atom is 0.331 e. The first kappa shape index (κ1) is 18.7. The molecule has 3 rings (SSSR count). The summed E-state index contributed by atoms with van der Waals surface area (Å²) in [7, 11) is 1.59. The average molecular weight is 385 g/mol. The highest BCUT2D eigenvalue weighted by atomic mass is 35.5. The third-order valence-corrected chi connectivity index (χ3v) is 3.91. The minimum Gasteiger partial charge on any atom is -0.497 e. The van der Waals surface area contributed by atoms with Gasteiger partial charge < -0.3 is 13.9 Å². The predicted molar refractivity (Wildman–Crippen MR) is 101 cm³/mol. The normalized spacial score (nSPS) is 12.1. The van der Waals surface area contributed by atoms with Crippen molar-refractivity contribution in [1.29, 1.82) is 0 Å². The van der Waals surface area contributed by atoms with Crippen LogP contribution in [0.4, 0.5) is 0 Å². The van der Waals surface area contributed by atoms with E-state index in [0.717, 1.165) is 16.9 Å². The smallest absolute Gasteiger partial charge is 0.331 e. The van der Waals surface area contributed by atoms with Gasteiger partial charge in [0.25, 0.3) is 5.89 Å². The van der Waals surface area contributed by atoms with Crippen LogP contribution in [-0.2, 0) is 9.53 Å². The van der Waals surface area contributed by atoms with Crippen LogP contribution < -0.4 is 4.74 Å². The van der Waals surface area contributed by atoms with Crippen LogP contribution in [0, 0.1) is 0 Å². The Bertz CT molecular complexity index is 951. The van der Waals surface area contributed by atoms with E-state index in [1.54, 1.807) is 62.6 Å². The maximum absolute atomic E-state index is 12.0. The molecule has 3 aromatic rings. The van der Waals surface area contributed by atoms with Gasteiger partial charge in [0.1, 0.15) is 5.75 Å². The van der Waals surface area contributed by atoms with Crippen LogP contribution in [0.1, 0.15) is 24.5 Å². The highest BCUT2D eigenvalue weighted by Crippen LogP contribution is 2.24. The van der Waals surface area contributed by atoms with E-state index in [4.69, 9.17) is 25.5 Å². The van der Waals surface area contributed by atoms with Gasteiger partial charge in [-0.2, -0.15) is 0 Å². The lowest BCUT2D eigenvalue weighted by Gasteiger charge is -2.06. The van der Waals surface area contributed by atoms with Gasteiger partial charge in [0.05, 0.1) is 7.11 Å². The van der Waals surface area contributed by atoms with Crippen LogP contribution >= 0.6 is 11.6 Å². The summed E-state index contributed by atoms with van der Waals surface area (Å²) in [5.74, 6) is 0.759. The first-order valence-corrected chi connectivity index (χ1v) is 8.55. The average Bonchev–Trinajstić information content (AvgIpc) is 3.17. The lowest BCUT2D eigenvalue weighted by Crippen LogP contribution is -2.06. The van der Waals surface area contributed by atoms with Crippen molar-refractivity contribution in [3.05, 3.63) is 71.1 Å². The van der Waals surface area contributed by atoms with Crippen molar-refractivity contribution in [2.75, 3.05) is 7.11 Å². The topological polar surface area (TPSA) is 74.5 Å². The summed E-state index contributed by atoms with van der Waals surface area (Å²) >= 11 is 5.91. The molecule has 0 aliphatic heterocycles. The van der Waals surface area contributed by atoms with Crippen molar-refractivity contribution in [1.82, 2.24) is 10.2 Å². The monoisotopic (exact) mass is 384 g/mol. The second kappa shape index (κ2) is 8.51. The summed E-state index contributed by atoms with van der Waals surface area (Å²) < 4.78 is 16.0. The quantitative estimate of drug-likeness (QED) is 0.452. The molecule has 27 heavy (non-hydrogen) atoms. The Morgan fingerprint density at radius 2 is 1.96 bits per heavy atom. The molecule has 0 fully saturated rings. The van der Waals surface area contributed by atoms with E-state index in [9.17, 15) is 4.79 Å². The summed E-state index contributed by atoms with van der Waals surface area (Å²) in [6, 6.07) is 14.3. The number of carbonyl (C=O) groups is 1. The number of ether oxygens (including phenoxy) is 2. The summed E-state index contributed by atoms with van der Waals surface area (Å²) in [5, 5.41) is 8.54. The summed E-state index contributed by atoms with van der Waals surface area (Å²) in [4.78, 5) is 12.0. The summed E-state index contributed by atoms with van der Waals surface area (Å²) in [6.07, 6.45) is 2.27. The van der Waals surface area contributed by atoms with Gasteiger partial charge in [0.15, 0.2) is 6.10 Å². The number of nitrogens with zero attached hydrogens (tertiary/aromatic N) is 2. The number of hydrogen-bond acceptors (Lipinski definition) is 6. The lowest BCUT2D eigenvalue weighted by molar-refractivity contribution is -0.143. The number of carbonyl (C=O) groups excluding carboxylic acids is 1. The van der Waals surface area contributed by atoms with Crippen molar-refractivity contribution in [3.63, 3.8) is 0 Å². The SMILES string of the molecule is COc1ccc(-c2nnc([C@H](C)OC(=O)/C=C/c3cccc(Cl)c3)o2)cc1. The minimum atomic E-state index is -0.680. The van der Waals surface area contributed by atoms with Gasteiger partial charge in [-0.25, -0.2) is 4.79 Å². The molecule has 2 aromatic carbocycles. The number of methoxy groups -OCH3 is 1. The Labute approximate surface area is 161 Å². The van der Waals surface area contributed by atoms with E-state index in [0.29, 0.717) is 10.9 Å². The van der Waals surface area contributed by atoms with E-state index in [-0.39, 0.29) is 5.89 Å². The number of halogens is 1. The van der Waals surface area contributed by atoms with Crippen LogP contribution in [0.3, 0.4) is 0 Å². The molecule has 6 nitrogen and oxygen atoms in total. The largest absolute Gasteiger partial charge is 0.497 e. The Morgan fingerprint density at radius 3 is 2.67 bits per heavy atom. The van der Waals surface area contributed by atoms with Crippen LogP contribution in [-0.4, -0.2) is 23.3 Å². The molecular formula is C20H17ClN2O4. The highest BCUT2D eigenvalue weighted by Gasteiger charge is 2.18. The fourth-order valence-corrected chi connectivity index (χ4v) is 2.49. The first-order chi connectivity index (χ1) is 13.0. The molecule has 0 aliphatic rings. The molecule has 0 radical (unpaired) electrons. The summed E-state index contributed by atoms with van der Waals surface area (Å²) in [6.45, 7) is 1.66. The van der Waals surface area contributed by atoms with E-state index in [2.05, 4.69) is 10.2 Å². The number of benzene rings is 2. The van der Waals surface area contributed by atoms with Gasteiger partial charge in [-0.05, 0) is 55.0 Å². The number of rotatable bonds is 6. The number of esters is 1. The Hall–Kier alpha value is -3.12. The number of aromatic nitrogens is 2. The molecular weight excluding hydrogens is 368 g/mol. The van der Waals surface area contributed by atoms with Gasteiger partial charge in [-0.15, -0.1) is 10.2 Å². The van der Waals surface area contributed by atoms with Crippen molar-refractivity contribution in [2.45, 2.75) is 13.0 Å². The standard InChI is InChI=1S/C20H17ClN2O4/c1-13(26-18(24)11-6-14-4-3-5-16(21)12-14)19-22-23-20(27-19)15-7-9-17(25-2)10-8-15/h3-13H,1-2H3/b11-6+/t13-/m0/s1. The summed E-state index contributed by atoms with van der Waals surface area (Å²) in [5.41, 5.74) is 1.54. The molecule has 138 valence electrons. The molecule has 1 aromatic heterocycles. The van der Waals surface area contributed by atoms with E-state index in [1.165, 1.54) is 6.08 Å². The molecule has 1 atom stereocenters. The molecule has 0 bridgehead atoms.